The minimum atomic E-state index is -0.568. The number of hydrogen-bond acceptors (Lipinski definition) is 7. The number of hydroxylamine groups is 2. The van der Waals surface area contributed by atoms with Crippen LogP contribution in [-0.4, -0.2) is 50.2 Å². The summed E-state index contributed by atoms with van der Waals surface area (Å²) in [5, 5.41) is 21.7. The quantitative estimate of drug-likeness (QED) is 0.632. The second-order valence-corrected chi connectivity index (χ2v) is 11.6. The van der Waals surface area contributed by atoms with Crippen LogP contribution < -0.4 is 0 Å². The van der Waals surface area contributed by atoms with Gasteiger partial charge >= 0.3 is 5.97 Å². The first-order valence-corrected chi connectivity index (χ1v) is 13.0. The summed E-state index contributed by atoms with van der Waals surface area (Å²) in [7, 11) is 0. The van der Waals surface area contributed by atoms with E-state index in [4.69, 9.17) is 4.84 Å². The Labute approximate surface area is 197 Å². The third-order valence-electron chi connectivity index (χ3n) is 8.50. The highest BCUT2D eigenvalue weighted by atomic mass is 32.2. The van der Waals surface area contributed by atoms with Crippen LogP contribution in [0.25, 0.3) is 0 Å². The molecule has 2 saturated carbocycles. The molecule has 0 radical (unpaired) electrons. The topological polar surface area (TPSA) is 104 Å². The van der Waals surface area contributed by atoms with Crippen molar-refractivity contribution >= 4 is 29.5 Å². The number of thioether (sulfide) groups is 1. The van der Waals surface area contributed by atoms with Gasteiger partial charge in [-0.25, -0.2) is 4.79 Å². The molecule has 1 aliphatic heterocycles. The number of nitrogens with zero attached hydrogens (tertiary/aromatic N) is 1. The van der Waals surface area contributed by atoms with Crippen LogP contribution in [0.1, 0.15) is 68.9 Å². The van der Waals surface area contributed by atoms with Gasteiger partial charge < -0.3 is 15.1 Å². The number of carbonyl (C=O) groups excluding carboxylic acids is 3. The van der Waals surface area contributed by atoms with E-state index in [1.165, 1.54) is 11.1 Å². The maximum atomic E-state index is 12.3. The van der Waals surface area contributed by atoms with Gasteiger partial charge in [0.25, 0.3) is 11.8 Å². The van der Waals surface area contributed by atoms with Crippen molar-refractivity contribution in [3.05, 3.63) is 29.3 Å². The van der Waals surface area contributed by atoms with Crippen molar-refractivity contribution in [1.29, 1.82) is 0 Å². The van der Waals surface area contributed by atoms with Gasteiger partial charge in [-0.05, 0) is 78.5 Å². The number of rotatable bonds is 5. The van der Waals surface area contributed by atoms with Gasteiger partial charge in [0.15, 0.2) is 0 Å². The first-order chi connectivity index (χ1) is 15.8. The standard InChI is InChI=1S/C25H31NO6S/c1-25-10-8-17-16-3-2-15(27)12-14(16)13-19(24(17)18(25)4-5-20(25)28)33-11-9-23(31)32-26-21(29)6-7-22(26)30/h2-3,12,17-20,24,27-28H,4-11,13H2,1H3/t17-,18+,19+,20+,24-,25+/m1/s1. The molecule has 4 aliphatic rings. The van der Waals surface area contributed by atoms with E-state index in [2.05, 4.69) is 13.0 Å². The number of aromatic hydroxyl groups is 1. The molecule has 8 heteroatoms. The minimum Gasteiger partial charge on any atom is -0.508 e. The third kappa shape index (κ3) is 3.95. The van der Waals surface area contributed by atoms with Crippen molar-refractivity contribution < 1.29 is 29.4 Å². The highest BCUT2D eigenvalue weighted by Gasteiger charge is 2.56. The summed E-state index contributed by atoms with van der Waals surface area (Å²) in [6.45, 7) is 2.24. The van der Waals surface area contributed by atoms with E-state index >= 15 is 0 Å². The molecule has 1 saturated heterocycles. The highest BCUT2D eigenvalue weighted by Crippen LogP contribution is 2.62. The lowest BCUT2D eigenvalue weighted by atomic mass is 9.55. The smallest absolute Gasteiger partial charge is 0.334 e. The van der Waals surface area contributed by atoms with Crippen molar-refractivity contribution in [2.75, 3.05) is 5.75 Å². The zero-order valence-electron chi connectivity index (χ0n) is 18.9. The SMILES string of the molecule is C[C@]12CC[C@@H]3c4ccc(O)cc4C[C@H](SCCC(=O)ON4C(=O)CCC4=O)[C@H]3[C@@H]1CC[C@@H]2O. The number of phenolic OH excluding ortho intramolecular Hbond substituents is 1. The van der Waals surface area contributed by atoms with Gasteiger partial charge in [-0.3, -0.25) is 9.59 Å². The van der Waals surface area contributed by atoms with E-state index in [-0.39, 0.29) is 41.8 Å². The van der Waals surface area contributed by atoms with E-state index in [1.807, 2.05) is 6.07 Å². The summed E-state index contributed by atoms with van der Waals surface area (Å²) in [6.07, 6.45) is 4.73. The molecule has 3 aliphatic carbocycles. The number of carbonyl (C=O) groups is 3. The molecule has 2 amide bonds. The molecule has 5 rings (SSSR count). The fourth-order valence-electron chi connectivity index (χ4n) is 6.80. The fraction of sp³-hybridized carbons (Fsp3) is 0.640. The van der Waals surface area contributed by atoms with Crippen LogP contribution in [0.5, 0.6) is 5.75 Å². The number of amides is 2. The largest absolute Gasteiger partial charge is 0.508 e. The Bertz CT molecular complexity index is 966. The number of aliphatic hydroxyl groups is 1. The summed E-state index contributed by atoms with van der Waals surface area (Å²) < 4.78 is 0. The molecular formula is C25H31NO6S. The fourth-order valence-corrected chi connectivity index (χ4v) is 8.29. The monoisotopic (exact) mass is 473 g/mol. The van der Waals surface area contributed by atoms with E-state index in [1.54, 1.807) is 17.8 Å². The zero-order chi connectivity index (χ0) is 23.3. The molecule has 0 spiro atoms. The molecule has 33 heavy (non-hydrogen) atoms. The molecule has 7 nitrogen and oxygen atoms in total. The Morgan fingerprint density at radius 2 is 1.97 bits per heavy atom. The summed E-state index contributed by atoms with van der Waals surface area (Å²) in [5.41, 5.74) is 2.43. The maximum Gasteiger partial charge on any atom is 0.334 e. The van der Waals surface area contributed by atoms with Crippen molar-refractivity contribution in [2.45, 2.75) is 75.6 Å². The van der Waals surface area contributed by atoms with E-state index < -0.39 is 17.8 Å². The second kappa shape index (κ2) is 8.62. The lowest BCUT2D eigenvalue weighted by molar-refractivity contribution is -0.197. The van der Waals surface area contributed by atoms with Crippen molar-refractivity contribution in [3.63, 3.8) is 0 Å². The molecule has 0 bridgehead atoms. The molecule has 2 N–H and O–H groups in total. The van der Waals surface area contributed by atoms with Crippen LogP contribution in [-0.2, 0) is 25.6 Å². The molecule has 0 aromatic heterocycles. The summed E-state index contributed by atoms with van der Waals surface area (Å²) in [4.78, 5) is 40.7. The molecule has 1 aromatic rings. The molecule has 1 heterocycles. The van der Waals surface area contributed by atoms with Gasteiger partial charge in [0.1, 0.15) is 5.75 Å². The van der Waals surface area contributed by atoms with Crippen LogP contribution in [0.2, 0.25) is 0 Å². The molecular weight excluding hydrogens is 442 g/mol. The van der Waals surface area contributed by atoms with Crippen LogP contribution in [0, 0.1) is 17.3 Å². The van der Waals surface area contributed by atoms with Crippen LogP contribution in [0.3, 0.4) is 0 Å². The lowest BCUT2D eigenvalue weighted by Gasteiger charge is -2.52. The Hall–Kier alpha value is -2.06. The van der Waals surface area contributed by atoms with Crippen molar-refractivity contribution in [1.82, 2.24) is 5.06 Å². The first-order valence-electron chi connectivity index (χ1n) is 12.0. The Morgan fingerprint density at radius 1 is 1.21 bits per heavy atom. The summed E-state index contributed by atoms with van der Waals surface area (Å²) in [5.74, 6) is 0.531. The van der Waals surface area contributed by atoms with Gasteiger partial charge in [0.05, 0.1) is 12.5 Å². The number of imide groups is 1. The minimum absolute atomic E-state index is 0.0657. The van der Waals surface area contributed by atoms with Gasteiger partial charge in [0.2, 0.25) is 0 Å². The van der Waals surface area contributed by atoms with Gasteiger partial charge in [-0.1, -0.05) is 13.0 Å². The number of hydrogen-bond donors (Lipinski definition) is 2. The molecule has 0 unspecified atom stereocenters. The second-order valence-electron chi connectivity index (χ2n) is 10.2. The number of aliphatic hydroxyl groups excluding tert-OH is 1. The van der Waals surface area contributed by atoms with E-state index in [9.17, 15) is 24.6 Å². The number of benzene rings is 1. The van der Waals surface area contributed by atoms with E-state index in [0.29, 0.717) is 28.6 Å². The van der Waals surface area contributed by atoms with Crippen molar-refractivity contribution in [2.24, 2.45) is 17.3 Å². The van der Waals surface area contributed by atoms with Gasteiger partial charge in [-0.15, -0.1) is 5.06 Å². The molecule has 3 fully saturated rings. The Morgan fingerprint density at radius 3 is 2.73 bits per heavy atom. The molecule has 6 atom stereocenters. The normalized spacial score (nSPS) is 35.2. The number of fused-ring (bicyclic) bond motifs is 5. The van der Waals surface area contributed by atoms with Crippen molar-refractivity contribution in [3.8, 4) is 5.75 Å². The molecule has 1 aromatic carbocycles. The third-order valence-corrected chi connectivity index (χ3v) is 9.84. The number of phenols is 1. The lowest BCUT2D eigenvalue weighted by Crippen LogP contribution is -2.48. The summed E-state index contributed by atoms with van der Waals surface area (Å²) >= 11 is 1.74. The van der Waals surface area contributed by atoms with Crippen LogP contribution in [0.15, 0.2) is 18.2 Å². The first kappa shape index (κ1) is 22.7. The van der Waals surface area contributed by atoms with E-state index in [0.717, 1.165) is 32.1 Å². The summed E-state index contributed by atoms with van der Waals surface area (Å²) in [6, 6.07) is 5.71. The predicted octanol–water partition coefficient (Wildman–Crippen LogP) is 3.32. The zero-order valence-corrected chi connectivity index (χ0v) is 19.7. The van der Waals surface area contributed by atoms with Crippen LogP contribution in [0.4, 0.5) is 0 Å². The highest BCUT2D eigenvalue weighted by molar-refractivity contribution is 7.99. The van der Waals surface area contributed by atoms with Crippen LogP contribution >= 0.6 is 11.8 Å². The Balaban J connectivity index is 1.31. The average molecular weight is 474 g/mol. The van der Waals surface area contributed by atoms with Gasteiger partial charge in [0, 0.05) is 23.8 Å². The average Bonchev–Trinajstić information content (AvgIpc) is 3.26. The Kier molecular flexibility index (Phi) is 5.93. The molecule has 178 valence electrons. The predicted molar refractivity (Wildman–Crippen MR) is 122 cm³/mol. The maximum absolute atomic E-state index is 12.3. The van der Waals surface area contributed by atoms with Gasteiger partial charge in [-0.2, -0.15) is 11.8 Å².